The van der Waals surface area contributed by atoms with Crippen LogP contribution in [0.2, 0.25) is 0 Å². The third-order valence-electron chi connectivity index (χ3n) is 3.79. The second-order valence-corrected chi connectivity index (χ2v) is 5.54. The molecule has 3 amide bonds. The fraction of sp³-hybridized carbons (Fsp3) is 0.167. The van der Waals surface area contributed by atoms with Crippen LogP contribution in [0.5, 0.6) is 0 Å². The number of amides is 3. The molecule has 1 aromatic carbocycles. The molecule has 0 atom stereocenters. The highest BCUT2D eigenvalue weighted by molar-refractivity contribution is 6.08. The highest BCUT2D eigenvalue weighted by Crippen LogP contribution is 2.23. The zero-order chi connectivity index (χ0) is 19.4. The Hall–Kier alpha value is -3.42. The van der Waals surface area contributed by atoms with Crippen LogP contribution in [-0.2, 0) is 11.2 Å². The molecule has 1 heterocycles. The fourth-order valence-electron chi connectivity index (χ4n) is 2.63. The van der Waals surface area contributed by atoms with Crippen LogP contribution < -0.4 is 16.4 Å². The lowest BCUT2D eigenvalue weighted by Crippen LogP contribution is -2.17. The van der Waals surface area contributed by atoms with Crippen LogP contribution in [-0.4, -0.2) is 22.7 Å². The number of nitrogens with two attached hydrogens (primary N) is 1. The predicted molar refractivity (Wildman–Crippen MR) is 96.6 cm³/mol. The molecule has 0 saturated heterocycles. The summed E-state index contributed by atoms with van der Waals surface area (Å²) in [6.07, 6.45) is 1.43. The summed E-state index contributed by atoms with van der Waals surface area (Å²) in [5.41, 5.74) is 7.05. The summed E-state index contributed by atoms with van der Waals surface area (Å²) in [5, 5.41) is 4.92. The van der Waals surface area contributed by atoms with E-state index in [1.54, 1.807) is 13.8 Å². The van der Waals surface area contributed by atoms with Gasteiger partial charge in [-0.05, 0) is 43.2 Å². The van der Waals surface area contributed by atoms with Crippen molar-refractivity contribution < 1.29 is 18.8 Å². The minimum atomic E-state index is -0.654. The van der Waals surface area contributed by atoms with Crippen LogP contribution in [0, 0.1) is 12.7 Å². The first-order chi connectivity index (χ1) is 12.3. The Bertz CT molecular complexity index is 902. The number of H-pyrrole nitrogens is 1. The second-order valence-electron chi connectivity index (χ2n) is 5.54. The first kappa shape index (κ1) is 18.9. The van der Waals surface area contributed by atoms with E-state index in [1.165, 1.54) is 12.1 Å². The van der Waals surface area contributed by atoms with E-state index in [9.17, 15) is 18.8 Å². The van der Waals surface area contributed by atoms with Crippen molar-refractivity contribution in [2.24, 2.45) is 5.73 Å². The number of nitrogens with one attached hydrogen (secondary N) is 3. The highest BCUT2D eigenvalue weighted by Gasteiger charge is 2.22. The number of anilines is 2. The van der Waals surface area contributed by atoms with Crippen LogP contribution >= 0.6 is 0 Å². The Labute approximate surface area is 149 Å². The average Bonchev–Trinajstić information content (AvgIpc) is 2.94. The quantitative estimate of drug-likeness (QED) is 0.594. The molecule has 0 radical (unpaired) electrons. The van der Waals surface area contributed by atoms with E-state index in [0.717, 1.165) is 12.1 Å². The summed E-state index contributed by atoms with van der Waals surface area (Å²) < 4.78 is 13.8. The maximum Gasteiger partial charge on any atom is 0.272 e. The molecule has 0 spiro atoms. The molecule has 136 valence electrons. The van der Waals surface area contributed by atoms with Crippen LogP contribution in [0.3, 0.4) is 0 Å². The van der Waals surface area contributed by atoms with Crippen molar-refractivity contribution in [3.8, 4) is 0 Å². The van der Waals surface area contributed by atoms with Gasteiger partial charge in [-0.15, -0.1) is 0 Å². The monoisotopic (exact) mass is 358 g/mol. The van der Waals surface area contributed by atoms with Crippen LogP contribution in [0.25, 0.3) is 0 Å². The van der Waals surface area contributed by atoms with Gasteiger partial charge in [0.05, 0.1) is 11.3 Å². The average molecular weight is 358 g/mol. The van der Waals surface area contributed by atoms with Crippen molar-refractivity contribution in [1.82, 2.24) is 4.98 Å². The normalized spacial score (nSPS) is 10.3. The number of halogens is 1. The smallest absolute Gasteiger partial charge is 0.272 e. The number of hydrogen-bond acceptors (Lipinski definition) is 3. The summed E-state index contributed by atoms with van der Waals surface area (Å²) in [6.45, 7) is 6.74. The molecular weight excluding hydrogens is 339 g/mol. The van der Waals surface area contributed by atoms with E-state index in [0.29, 0.717) is 17.7 Å². The van der Waals surface area contributed by atoms with Gasteiger partial charge < -0.3 is 21.4 Å². The van der Waals surface area contributed by atoms with Crippen LogP contribution in [0.1, 0.15) is 39.0 Å². The Morgan fingerprint density at radius 2 is 2.00 bits per heavy atom. The minimum absolute atomic E-state index is 0.0936. The van der Waals surface area contributed by atoms with E-state index >= 15 is 0 Å². The van der Waals surface area contributed by atoms with Gasteiger partial charge in [-0.2, -0.15) is 0 Å². The largest absolute Gasteiger partial charge is 0.366 e. The van der Waals surface area contributed by atoms with Crippen molar-refractivity contribution in [1.29, 1.82) is 0 Å². The van der Waals surface area contributed by atoms with Gasteiger partial charge in [-0.1, -0.05) is 13.5 Å². The number of aryl methyl sites for hydroxylation is 1. The molecule has 0 fully saturated rings. The maximum atomic E-state index is 13.8. The highest BCUT2D eigenvalue weighted by atomic mass is 19.1. The third-order valence-corrected chi connectivity index (χ3v) is 3.79. The molecule has 2 rings (SSSR count). The number of aromatic amines is 1. The summed E-state index contributed by atoms with van der Waals surface area (Å²) in [7, 11) is 0. The first-order valence-electron chi connectivity index (χ1n) is 7.84. The lowest BCUT2D eigenvalue weighted by molar-refractivity contribution is -0.111. The van der Waals surface area contributed by atoms with Gasteiger partial charge in [-0.25, -0.2) is 4.39 Å². The molecule has 26 heavy (non-hydrogen) atoms. The molecule has 0 aliphatic heterocycles. The Morgan fingerprint density at radius 3 is 2.58 bits per heavy atom. The Kier molecular flexibility index (Phi) is 5.56. The van der Waals surface area contributed by atoms with Crippen molar-refractivity contribution in [2.75, 3.05) is 10.6 Å². The van der Waals surface area contributed by atoms with Crippen molar-refractivity contribution in [3.05, 3.63) is 59.2 Å². The molecule has 0 aliphatic carbocycles. The molecule has 0 aliphatic rings. The predicted octanol–water partition coefficient (Wildman–Crippen LogP) is 2.50. The number of rotatable bonds is 6. The maximum absolute atomic E-state index is 13.8. The summed E-state index contributed by atoms with van der Waals surface area (Å²) in [6, 6.07) is 3.75. The lowest BCUT2D eigenvalue weighted by atomic mass is 10.1. The van der Waals surface area contributed by atoms with Gasteiger partial charge >= 0.3 is 0 Å². The lowest BCUT2D eigenvalue weighted by Gasteiger charge is -2.09. The Balaban J connectivity index is 2.32. The molecule has 8 heteroatoms. The van der Waals surface area contributed by atoms with Crippen molar-refractivity contribution in [3.63, 3.8) is 0 Å². The summed E-state index contributed by atoms with van der Waals surface area (Å²) in [4.78, 5) is 38.4. The number of carbonyl (C=O) groups excluding carboxylic acids is 3. The van der Waals surface area contributed by atoms with E-state index in [4.69, 9.17) is 5.73 Å². The number of carbonyl (C=O) groups is 3. The number of aromatic nitrogens is 1. The van der Waals surface area contributed by atoms with Gasteiger partial charge in [0.2, 0.25) is 5.91 Å². The molecule has 1 aromatic heterocycles. The van der Waals surface area contributed by atoms with Crippen LogP contribution in [0.15, 0.2) is 30.9 Å². The fourth-order valence-corrected chi connectivity index (χ4v) is 2.63. The first-order valence-corrected chi connectivity index (χ1v) is 7.84. The SMILES string of the molecule is C=CC(=O)Nc1cc(NC(=O)c2[nH]c(C)c(C(N)=O)c2CC)ccc1F. The van der Waals surface area contributed by atoms with E-state index in [-0.39, 0.29) is 22.6 Å². The number of benzene rings is 1. The number of hydrogen-bond donors (Lipinski definition) is 4. The molecule has 2 aromatic rings. The second kappa shape index (κ2) is 7.64. The molecule has 7 nitrogen and oxygen atoms in total. The topological polar surface area (TPSA) is 117 Å². The number of primary amides is 1. The molecular formula is C18H19FN4O3. The molecule has 0 saturated carbocycles. The van der Waals surface area contributed by atoms with Gasteiger partial charge in [0, 0.05) is 11.4 Å². The van der Waals surface area contributed by atoms with Crippen LogP contribution in [0.4, 0.5) is 15.8 Å². The zero-order valence-corrected chi connectivity index (χ0v) is 14.4. The van der Waals surface area contributed by atoms with Gasteiger partial charge in [0.15, 0.2) is 0 Å². The third kappa shape index (κ3) is 3.80. The summed E-state index contributed by atoms with van der Waals surface area (Å²) in [5.74, 6) is -2.36. The molecule has 0 bridgehead atoms. The molecule has 0 unspecified atom stereocenters. The molecule has 5 N–H and O–H groups in total. The van der Waals surface area contributed by atoms with E-state index in [2.05, 4.69) is 22.2 Å². The van der Waals surface area contributed by atoms with E-state index in [1.807, 2.05) is 0 Å². The standard InChI is InChI=1S/C18H19FN4O3/c1-4-11-15(17(20)25)9(3)21-16(11)18(26)22-10-6-7-12(19)13(8-10)23-14(24)5-2/h5-8,21H,2,4H2,1,3H3,(H2,20,25)(H,22,26)(H,23,24). The zero-order valence-electron chi connectivity index (χ0n) is 14.4. The van der Waals surface area contributed by atoms with Crippen molar-refractivity contribution in [2.45, 2.75) is 20.3 Å². The van der Waals surface area contributed by atoms with Gasteiger partial charge in [0.1, 0.15) is 11.5 Å². The van der Waals surface area contributed by atoms with Gasteiger partial charge in [-0.3, -0.25) is 14.4 Å². The van der Waals surface area contributed by atoms with E-state index < -0.39 is 23.5 Å². The summed E-state index contributed by atoms with van der Waals surface area (Å²) >= 11 is 0. The van der Waals surface area contributed by atoms with Gasteiger partial charge in [0.25, 0.3) is 11.8 Å². The minimum Gasteiger partial charge on any atom is -0.366 e. The Morgan fingerprint density at radius 1 is 1.31 bits per heavy atom. The van der Waals surface area contributed by atoms with Crippen molar-refractivity contribution >= 4 is 29.1 Å².